The number of ether oxygens (including phenoxy) is 2. The third-order valence-corrected chi connectivity index (χ3v) is 5.17. The minimum absolute atomic E-state index is 0.163. The first-order valence-electron chi connectivity index (χ1n) is 11.2. The minimum Gasteiger partial charge on any atom is -0.481 e. The summed E-state index contributed by atoms with van der Waals surface area (Å²) in [7, 11) is 1.61. The Hall–Kier alpha value is -3.68. The van der Waals surface area contributed by atoms with Crippen LogP contribution in [0.4, 0.5) is 11.4 Å². The number of rotatable bonds is 10. The van der Waals surface area contributed by atoms with Crippen LogP contribution < -0.4 is 20.1 Å². The van der Waals surface area contributed by atoms with E-state index in [0.717, 1.165) is 35.3 Å². The van der Waals surface area contributed by atoms with E-state index < -0.39 is 0 Å². The van der Waals surface area contributed by atoms with Crippen molar-refractivity contribution in [2.24, 2.45) is 0 Å². The van der Waals surface area contributed by atoms with Crippen molar-refractivity contribution in [2.45, 2.75) is 52.3 Å². The molecule has 3 N–H and O–H groups in total. The van der Waals surface area contributed by atoms with Gasteiger partial charge in [0.15, 0.2) is 0 Å². The summed E-state index contributed by atoms with van der Waals surface area (Å²) in [6.45, 7) is 6.37. The third kappa shape index (κ3) is 5.39. The lowest BCUT2D eigenvalue weighted by Gasteiger charge is -2.21. The molecule has 172 valence electrons. The van der Waals surface area contributed by atoms with Gasteiger partial charge in [-0.15, -0.1) is 0 Å². The van der Waals surface area contributed by atoms with Crippen LogP contribution in [0.2, 0.25) is 0 Å². The van der Waals surface area contributed by atoms with E-state index >= 15 is 0 Å². The van der Waals surface area contributed by atoms with Gasteiger partial charge < -0.3 is 25.5 Å². The molecule has 8 nitrogen and oxygen atoms in total. The highest BCUT2D eigenvalue weighted by Gasteiger charge is 2.26. The Bertz CT molecular complexity index is 1140. The molecule has 0 saturated heterocycles. The smallest absolute Gasteiger partial charge is 0.223 e. The number of methoxy groups -OCH3 is 1. The van der Waals surface area contributed by atoms with Gasteiger partial charge in [-0.2, -0.15) is 0 Å². The number of hydrogen-bond acceptors (Lipinski definition) is 8. The molecule has 1 aliphatic rings. The average molecular weight is 447 g/mol. The highest BCUT2D eigenvalue weighted by atomic mass is 16.5. The Morgan fingerprint density at radius 2 is 1.88 bits per heavy atom. The molecule has 0 radical (unpaired) electrons. The first kappa shape index (κ1) is 22.5. The second-order valence-electron chi connectivity index (χ2n) is 8.40. The molecule has 3 aromatic heterocycles. The van der Waals surface area contributed by atoms with E-state index in [1.54, 1.807) is 26.4 Å². The van der Waals surface area contributed by atoms with Crippen molar-refractivity contribution in [3.63, 3.8) is 0 Å². The Morgan fingerprint density at radius 3 is 2.55 bits per heavy atom. The molecule has 0 atom stereocenters. The van der Waals surface area contributed by atoms with E-state index in [0.29, 0.717) is 35.4 Å². The minimum atomic E-state index is 0.163. The Balaban J connectivity index is 1.78. The van der Waals surface area contributed by atoms with Crippen LogP contribution in [0.3, 0.4) is 0 Å². The fourth-order valence-electron chi connectivity index (χ4n) is 3.48. The number of nitrogens with zero attached hydrogens (tertiary/aromatic N) is 3. The largest absolute Gasteiger partial charge is 0.481 e. The number of nitrogens with one attached hydrogen (secondary N) is 3. The molecule has 0 aromatic carbocycles. The van der Waals surface area contributed by atoms with E-state index in [4.69, 9.17) is 19.9 Å². The van der Waals surface area contributed by atoms with Crippen LogP contribution in [0.25, 0.3) is 11.3 Å². The highest BCUT2D eigenvalue weighted by molar-refractivity contribution is 6.03. The lowest BCUT2D eigenvalue weighted by molar-refractivity contribution is 0.292. The molecule has 33 heavy (non-hydrogen) atoms. The second-order valence-corrected chi connectivity index (χ2v) is 8.40. The molecule has 1 saturated carbocycles. The summed E-state index contributed by atoms with van der Waals surface area (Å²) < 4.78 is 11.4. The predicted octanol–water partition coefficient (Wildman–Crippen LogP) is 4.91. The van der Waals surface area contributed by atoms with Crippen LogP contribution in [0.5, 0.6) is 11.8 Å². The predicted molar refractivity (Wildman–Crippen MR) is 130 cm³/mol. The summed E-state index contributed by atoms with van der Waals surface area (Å²) in [6.07, 6.45) is 5.75. The van der Waals surface area contributed by atoms with E-state index in [1.807, 2.05) is 30.3 Å². The highest BCUT2D eigenvalue weighted by Crippen LogP contribution is 2.37. The summed E-state index contributed by atoms with van der Waals surface area (Å²) >= 11 is 0. The van der Waals surface area contributed by atoms with Crippen LogP contribution in [0.1, 0.15) is 44.9 Å². The summed E-state index contributed by atoms with van der Waals surface area (Å²) in [5, 5.41) is 15.4. The van der Waals surface area contributed by atoms with E-state index in [-0.39, 0.29) is 12.1 Å². The third-order valence-electron chi connectivity index (χ3n) is 5.17. The van der Waals surface area contributed by atoms with Gasteiger partial charge in [-0.1, -0.05) is 6.07 Å². The first-order valence-corrected chi connectivity index (χ1v) is 11.2. The fraction of sp³-hybridized carbons (Fsp3) is 0.360. The van der Waals surface area contributed by atoms with Crippen molar-refractivity contribution >= 4 is 17.1 Å². The molecule has 0 aliphatic heterocycles. The normalized spacial score (nSPS) is 13.0. The van der Waals surface area contributed by atoms with Crippen molar-refractivity contribution < 1.29 is 9.47 Å². The molecule has 0 spiro atoms. The van der Waals surface area contributed by atoms with Crippen molar-refractivity contribution in [3.8, 4) is 23.0 Å². The number of anilines is 2. The zero-order chi connectivity index (χ0) is 23.4. The van der Waals surface area contributed by atoms with Crippen LogP contribution in [0.15, 0.2) is 42.7 Å². The number of aromatic nitrogens is 3. The van der Waals surface area contributed by atoms with Crippen LogP contribution in [-0.2, 0) is 6.54 Å². The molecular formula is C25H30N6O2. The van der Waals surface area contributed by atoms with Crippen LogP contribution in [0, 0.1) is 5.41 Å². The van der Waals surface area contributed by atoms with Crippen molar-refractivity contribution in [3.05, 3.63) is 54.0 Å². The SMILES string of the molecule is COc1ncccc1CNc1cc(-c2cccnc2OC2CC2)nc(C(C)=N)c1NC(C)C. The van der Waals surface area contributed by atoms with Gasteiger partial charge in [-0.05, 0) is 57.9 Å². The van der Waals surface area contributed by atoms with E-state index in [1.165, 1.54) is 0 Å². The molecular weight excluding hydrogens is 416 g/mol. The van der Waals surface area contributed by atoms with E-state index in [9.17, 15) is 0 Å². The molecule has 3 heterocycles. The van der Waals surface area contributed by atoms with Crippen molar-refractivity contribution in [1.29, 1.82) is 5.41 Å². The van der Waals surface area contributed by atoms with Crippen molar-refractivity contribution in [1.82, 2.24) is 15.0 Å². The molecule has 3 aromatic rings. The maximum atomic E-state index is 8.41. The lowest BCUT2D eigenvalue weighted by Crippen LogP contribution is -2.17. The van der Waals surface area contributed by atoms with Crippen LogP contribution in [-0.4, -0.2) is 39.9 Å². The van der Waals surface area contributed by atoms with Gasteiger partial charge in [0.25, 0.3) is 0 Å². The molecule has 0 bridgehead atoms. The number of hydrogen-bond donors (Lipinski definition) is 3. The van der Waals surface area contributed by atoms with Gasteiger partial charge in [0.05, 0.1) is 35.5 Å². The number of pyridine rings is 3. The maximum Gasteiger partial charge on any atom is 0.223 e. The van der Waals surface area contributed by atoms with Gasteiger partial charge in [0.1, 0.15) is 11.8 Å². The van der Waals surface area contributed by atoms with E-state index in [2.05, 4.69) is 34.4 Å². The molecule has 4 rings (SSSR count). The summed E-state index contributed by atoms with van der Waals surface area (Å²) in [5.41, 5.74) is 5.03. The Kier molecular flexibility index (Phi) is 6.72. The quantitative estimate of drug-likeness (QED) is 0.380. The molecule has 1 aliphatic carbocycles. The maximum absolute atomic E-state index is 8.41. The van der Waals surface area contributed by atoms with Gasteiger partial charge in [0.2, 0.25) is 11.8 Å². The second kappa shape index (κ2) is 9.85. The summed E-state index contributed by atoms with van der Waals surface area (Å²) in [5.74, 6) is 1.15. The Morgan fingerprint density at radius 1 is 1.15 bits per heavy atom. The topological polar surface area (TPSA) is 105 Å². The molecule has 1 fully saturated rings. The first-order chi connectivity index (χ1) is 16.0. The van der Waals surface area contributed by atoms with Crippen molar-refractivity contribution in [2.75, 3.05) is 17.7 Å². The summed E-state index contributed by atoms with van der Waals surface area (Å²) in [4.78, 5) is 13.6. The zero-order valence-corrected chi connectivity index (χ0v) is 19.5. The van der Waals surface area contributed by atoms with Gasteiger partial charge >= 0.3 is 0 Å². The monoisotopic (exact) mass is 446 g/mol. The fourth-order valence-corrected chi connectivity index (χ4v) is 3.48. The summed E-state index contributed by atoms with van der Waals surface area (Å²) in [6, 6.07) is 9.84. The van der Waals surface area contributed by atoms with Gasteiger partial charge in [0, 0.05) is 30.5 Å². The zero-order valence-electron chi connectivity index (χ0n) is 19.5. The molecule has 0 amide bonds. The van der Waals surface area contributed by atoms with Gasteiger partial charge in [-0.25, -0.2) is 15.0 Å². The average Bonchev–Trinajstić information content (AvgIpc) is 3.62. The van der Waals surface area contributed by atoms with Gasteiger partial charge in [-0.3, -0.25) is 0 Å². The Labute approximate surface area is 194 Å². The molecule has 8 heteroatoms. The standard InChI is InChI=1S/C25H30N6O2/c1-15(2)30-23-21(29-14-17-7-5-11-27-24(17)32-4)13-20(31-22(23)16(3)26)19-8-6-12-28-25(19)33-18-9-10-18/h5-8,11-13,15,18,26,30H,9-10,14H2,1-4H3,(H,29,31). The van der Waals surface area contributed by atoms with Crippen LogP contribution >= 0.6 is 0 Å². The molecule has 0 unspecified atom stereocenters. The lowest BCUT2D eigenvalue weighted by atomic mass is 10.1.